The molecule has 0 aliphatic carbocycles. The molecule has 1 saturated heterocycles. The second kappa shape index (κ2) is 6.47. The number of benzene rings is 1. The van der Waals surface area contributed by atoms with E-state index in [1.54, 1.807) is 6.07 Å². The number of aromatic nitrogens is 2. The van der Waals surface area contributed by atoms with Crippen LogP contribution >= 0.6 is 0 Å². The van der Waals surface area contributed by atoms with Crippen molar-refractivity contribution in [2.75, 3.05) is 13.1 Å². The molecule has 1 atom stereocenters. The third-order valence-electron chi connectivity index (χ3n) is 4.29. The summed E-state index contributed by atoms with van der Waals surface area (Å²) in [7, 11) is 0. The Balaban J connectivity index is 1.64. The van der Waals surface area contributed by atoms with Crippen LogP contribution in [0.1, 0.15) is 16.4 Å². The van der Waals surface area contributed by atoms with Gasteiger partial charge in [-0.2, -0.15) is 0 Å². The molecule has 4 rings (SSSR count). The van der Waals surface area contributed by atoms with Crippen LogP contribution in [-0.2, 0) is 11.2 Å². The first kappa shape index (κ1) is 16.1. The van der Waals surface area contributed by atoms with E-state index in [2.05, 4.69) is 15.3 Å². The van der Waals surface area contributed by atoms with Crippen LogP contribution in [0.2, 0.25) is 0 Å². The van der Waals surface area contributed by atoms with E-state index in [9.17, 15) is 14.7 Å². The van der Waals surface area contributed by atoms with E-state index in [4.69, 9.17) is 4.42 Å². The Morgan fingerprint density at radius 2 is 2.15 bits per heavy atom. The average molecular weight is 352 g/mol. The number of pyridine rings is 1. The minimum absolute atomic E-state index is 0.0789. The molecule has 8 nitrogen and oxygen atoms in total. The smallest absolute Gasteiger partial charge is 0.277 e. The number of hydrogen-bond donors (Lipinski definition) is 2. The molecule has 26 heavy (non-hydrogen) atoms. The molecule has 132 valence electrons. The minimum atomic E-state index is -0.786. The predicted octanol–water partition coefficient (Wildman–Crippen LogP) is 1.11. The number of para-hydroxylation sites is 2. The average Bonchev–Trinajstić information content (AvgIpc) is 3.06. The molecule has 3 aromatic rings. The van der Waals surface area contributed by atoms with Crippen molar-refractivity contribution in [2.24, 2.45) is 0 Å². The Labute approximate surface area is 148 Å². The Bertz CT molecular complexity index is 951. The highest BCUT2D eigenvalue weighted by Gasteiger charge is 2.36. The molecule has 1 aliphatic rings. The lowest BCUT2D eigenvalue weighted by Gasteiger charge is -2.34. The number of carbonyl (C=O) groups excluding carboxylic acids is 2. The van der Waals surface area contributed by atoms with Crippen molar-refractivity contribution in [1.29, 1.82) is 0 Å². The van der Waals surface area contributed by atoms with Crippen LogP contribution in [0.15, 0.2) is 47.0 Å². The van der Waals surface area contributed by atoms with Gasteiger partial charge in [0.05, 0.1) is 6.42 Å². The maximum atomic E-state index is 12.8. The first-order valence-corrected chi connectivity index (χ1v) is 8.20. The van der Waals surface area contributed by atoms with Crippen LogP contribution in [0.4, 0.5) is 0 Å². The number of amides is 2. The fourth-order valence-corrected chi connectivity index (χ4v) is 3.03. The van der Waals surface area contributed by atoms with Crippen molar-refractivity contribution < 1.29 is 19.1 Å². The molecule has 3 heterocycles. The van der Waals surface area contributed by atoms with Crippen molar-refractivity contribution in [3.05, 3.63) is 54.2 Å². The molecule has 0 spiro atoms. The summed E-state index contributed by atoms with van der Waals surface area (Å²) in [6, 6.07) is 9.43. The van der Waals surface area contributed by atoms with Crippen LogP contribution in [0, 0.1) is 0 Å². The van der Waals surface area contributed by atoms with E-state index in [0.717, 1.165) is 0 Å². The summed E-state index contributed by atoms with van der Waals surface area (Å²) in [5.74, 6) is -0.637. The third-order valence-corrected chi connectivity index (χ3v) is 4.29. The number of rotatable bonds is 3. The van der Waals surface area contributed by atoms with Crippen LogP contribution in [0.25, 0.3) is 11.1 Å². The van der Waals surface area contributed by atoms with Crippen LogP contribution in [-0.4, -0.2) is 50.9 Å². The zero-order valence-electron chi connectivity index (χ0n) is 13.8. The highest BCUT2D eigenvalue weighted by atomic mass is 16.3. The zero-order chi connectivity index (χ0) is 18.1. The maximum absolute atomic E-state index is 12.8. The fraction of sp³-hybridized carbons (Fsp3) is 0.222. The highest BCUT2D eigenvalue weighted by Crippen LogP contribution is 2.21. The summed E-state index contributed by atoms with van der Waals surface area (Å²) in [4.78, 5) is 34.9. The molecule has 0 radical (unpaired) electrons. The number of carbonyl (C=O) groups is 2. The summed E-state index contributed by atoms with van der Waals surface area (Å²) in [6.07, 6.45) is 1.56. The SMILES string of the molecule is O=C1NCCN(C(=O)c2ncccc2O)C1Cc1nc2ccccc2o1. The molecule has 2 N–H and O–H groups in total. The second-order valence-corrected chi connectivity index (χ2v) is 5.96. The monoisotopic (exact) mass is 352 g/mol. The Hall–Kier alpha value is -3.42. The number of nitrogens with zero attached hydrogens (tertiary/aromatic N) is 3. The number of hydrogen-bond acceptors (Lipinski definition) is 6. The van der Waals surface area contributed by atoms with Gasteiger partial charge in [0.25, 0.3) is 5.91 Å². The standard InChI is InChI=1S/C18H16N4O4/c23-13-5-3-7-19-16(13)18(25)22-9-8-20-17(24)12(22)10-15-21-11-4-1-2-6-14(11)26-15/h1-7,12,23H,8-10H2,(H,20,24). The number of fused-ring (bicyclic) bond motifs is 1. The van der Waals surface area contributed by atoms with Gasteiger partial charge >= 0.3 is 0 Å². The van der Waals surface area contributed by atoms with Crippen molar-refractivity contribution in [2.45, 2.75) is 12.5 Å². The minimum Gasteiger partial charge on any atom is -0.505 e. The van der Waals surface area contributed by atoms with Gasteiger partial charge in [-0.15, -0.1) is 0 Å². The van der Waals surface area contributed by atoms with Gasteiger partial charge in [-0.25, -0.2) is 9.97 Å². The van der Waals surface area contributed by atoms with Crippen LogP contribution < -0.4 is 5.32 Å². The lowest BCUT2D eigenvalue weighted by Crippen LogP contribution is -2.58. The van der Waals surface area contributed by atoms with Gasteiger partial charge in [0, 0.05) is 19.3 Å². The summed E-state index contributed by atoms with van der Waals surface area (Å²) >= 11 is 0. The molecule has 1 aliphatic heterocycles. The number of nitrogens with one attached hydrogen (secondary N) is 1. The van der Waals surface area contributed by atoms with Crippen molar-refractivity contribution >= 4 is 22.9 Å². The summed E-state index contributed by atoms with van der Waals surface area (Å²) < 4.78 is 5.68. The first-order chi connectivity index (χ1) is 12.6. The van der Waals surface area contributed by atoms with Crippen LogP contribution in [0.3, 0.4) is 0 Å². The molecule has 1 unspecified atom stereocenters. The van der Waals surface area contributed by atoms with Gasteiger partial charge in [0.2, 0.25) is 5.91 Å². The predicted molar refractivity (Wildman–Crippen MR) is 91.4 cm³/mol. The zero-order valence-corrected chi connectivity index (χ0v) is 13.8. The lowest BCUT2D eigenvalue weighted by molar-refractivity contribution is -0.127. The molecule has 8 heteroatoms. The number of piperazine rings is 1. The third kappa shape index (κ3) is 2.85. The Morgan fingerprint density at radius 1 is 1.31 bits per heavy atom. The second-order valence-electron chi connectivity index (χ2n) is 5.96. The molecule has 1 fully saturated rings. The molecular weight excluding hydrogens is 336 g/mol. The van der Waals surface area contributed by atoms with Crippen molar-refractivity contribution in [3.8, 4) is 5.75 Å². The lowest BCUT2D eigenvalue weighted by atomic mass is 10.1. The molecule has 0 saturated carbocycles. The topological polar surface area (TPSA) is 109 Å². The van der Waals surface area contributed by atoms with Crippen LogP contribution in [0.5, 0.6) is 5.75 Å². The van der Waals surface area contributed by atoms with Gasteiger partial charge in [-0.1, -0.05) is 12.1 Å². The summed E-state index contributed by atoms with van der Waals surface area (Å²) in [6.45, 7) is 0.647. The highest BCUT2D eigenvalue weighted by molar-refractivity contribution is 5.98. The fourth-order valence-electron chi connectivity index (χ4n) is 3.03. The molecule has 2 amide bonds. The number of oxazole rings is 1. The Kier molecular flexibility index (Phi) is 4.00. The van der Waals surface area contributed by atoms with E-state index in [-0.39, 0.29) is 23.8 Å². The molecule has 2 aromatic heterocycles. The van der Waals surface area contributed by atoms with Gasteiger partial charge < -0.3 is 19.7 Å². The van der Waals surface area contributed by atoms with Crippen molar-refractivity contribution in [3.63, 3.8) is 0 Å². The molecule has 0 bridgehead atoms. The summed E-state index contributed by atoms with van der Waals surface area (Å²) in [5.41, 5.74) is 1.24. The van der Waals surface area contributed by atoms with Gasteiger partial charge in [0.15, 0.2) is 17.2 Å². The van der Waals surface area contributed by atoms with Gasteiger partial charge in [-0.3, -0.25) is 9.59 Å². The maximum Gasteiger partial charge on any atom is 0.277 e. The van der Waals surface area contributed by atoms with E-state index in [1.165, 1.54) is 23.2 Å². The van der Waals surface area contributed by atoms with Gasteiger partial charge in [-0.05, 0) is 24.3 Å². The molecule has 1 aromatic carbocycles. The molecular formula is C18H16N4O4. The Morgan fingerprint density at radius 3 is 2.96 bits per heavy atom. The summed E-state index contributed by atoms with van der Waals surface area (Å²) in [5, 5.41) is 12.7. The van der Waals surface area contributed by atoms with Crippen molar-refractivity contribution in [1.82, 2.24) is 20.2 Å². The number of aromatic hydroxyl groups is 1. The van der Waals surface area contributed by atoms with E-state index < -0.39 is 11.9 Å². The quantitative estimate of drug-likeness (QED) is 0.731. The van der Waals surface area contributed by atoms with Gasteiger partial charge in [0.1, 0.15) is 17.3 Å². The largest absolute Gasteiger partial charge is 0.505 e. The van der Waals surface area contributed by atoms with E-state index >= 15 is 0 Å². The normalized spacial score (nSPS) is 17.3. The van der Waals surface area contributed by atoms with E-state index in [1.807, 2.05) is 18.2 Å². The first-order valence-electron chi connectivity index (χ1n) is 8.20. The van der Waals surface area contributed by atoms with E-state index in [0.29, 0.717) is 30.1 Å².